The number of ether oxygens (including phenoxy) is 6. The van der Waals surface area contributed by atoms with Crippen molar-refractivity contribution in [2.45, 2.75) is 198 Å². The van der Waals surface area contributed by atoms with Gasteiger partial charge in [0.2, 0.25) is 0 Å². The van der Waals surface area contributed by atoms with Gasteiger partial charge in [0.15, 0.2) is 12.6 Å². The zero-order valence-electron chi connectivity index (χ0n) is 42.0. The van der Waals surface area contributed by atoms with E-state index in [9.17, 15) is 45.2 Å². The summed E-state index contributed by atoms with van der Waals surface area (Å²) >= 11 is 0. The molecular formula is C48H82N4O15. The van der Waals surface area contributed by atoms with Crippen LogP contribution in [0.3, 0.4) is 0 Å². The molecule has 19 nitrogen and oxygen atoms in total. The fraction of sp³-hybridized carbons (Fsp3) is 0.833. The van der Waals surface area contributed by atoms with Crippen molar-refractivity contribution in [3.63, 3.8) is 0 Å². The number of esters is 1. The Bertz CT molecular complexity index is 1760. The predicted molar refractivity (Wildman–Crippen MR) is 248 cm³/mol. The normalized spacial score (nSPS) is 40.9. The highest BCUT2D eigenvalue weighted by Gasteiger charge is 2.53. The molecule has 0 spiro atoms. The first kappa shape index (κ1) is 56.7. The van der Waals surface area contributed by atoms with E-state index in [-0.39, 0.29) is 36.8 Å². The summed E-state index contributed by atoms with van der Waals surface area (Å²) < 4.78 is 38.1. The number of rotatable bonds is 14. The number of nitro groups is 1. The summed E-state index contributed by atoms with van der Waals surface area (Å²) in [5.41, 5.74) is -4.40. The summed E-state index contributed by atoms with van der Waals surface area (Å²) in [6.07, 6.45) is -8.26. The van der Waals surface area contributed by atoms with Crippen LogP contribution < -0.4 is 5.32 Å². The minimum absolute atomic E-state index is 0.0826. The van der Waals surface area contributed by atoms with Crippen LogP contribution in [0.15, 0.2) is 24.3 Å². The molecule has 0 radical (unpaired) electrons. The molecule has 384 valence electrons. The Labute approximate surface area is 396 Å². The van der Waals surface area contributed by atoms with E-state index in [1.807, 2.05) is 37.7 Å². The molecule has 3 aliphatic heterocycles. The number of carbonyl (C=O) groups is 2. The Morgan fingerprint density at radius 3 is 2.21 bits per heavy atom. The molecule has 18 atom stereocenters. The van der Waals surface area contributed by atoms with Gasteiger partial charge in [-0.3, -0.25) is 19.7 Å². The van der Waals surface area contributed by atoms with Crippen molar-refractivity contribution in [2.75, 3.05) is 40.8 Å². The second-order valence-corrected chi connectivity index (χ2v) is 20.3. The van der Waals surface area contributed by atoms with Crippen LogP contribution in [-0.2, 0) is 33.2 Å². The fourth-order valence-corrected chi connectivity index (χ4v) is 10.3. The number of nitrogens with one attached hydrogen (secondary N) is 1. The molecule has 3 heterocycles. The highest BCUT2D eigenvalue weighted by Crippen LogP contribution is 2.40. The molecule has 0 bridgehead atoms. The third-order valence-corrected chi connectivity index (χ3v) is 14.9. The van der Waals surface area contributed by atoms with Gasteiger partial charge in [-0.25, -0.2) is 0 Å². The largest absolute Gasteiger partial charge is 0.459 e. The van der Waals surface area contributed by atoms with Gasteiger partial charge in [0.25, 0.3) is 11.6 Å². The van der Waals surface area contributed by atoms with E-state index in [4.69, 9.17) is 28.4 Å². The lowest BCUT2D eigenvalue weighted by atomic mass is 9.77. The van der Waals surface area contributed by atoms with Crippen LogP contribution in [0.2, 0.25) is 0 Å². The Balaban J connectivity index is 1.69. The number of cyclic esters (lactones) is 1. The molecule has 3 saturated heterocycles. The summed E-state index contributed by atoms with van der Waals surface area (Å²) in [6, 6.07) is 4.29. The minimum atomic E-state index is -1.85. The van der Waals surface area contributed by atoms with E-state index in [0.29, 0.717) is 44.5 Å². The number of amides is 1. The van der Waals surface area contributed by atoms with E-state index >= 15 is 0 Å². The molecule has 3 fully saturated rings. The molecule has 0 aliphatic carbocycles. The van der Waals surface area contributed by atoms with Gasteiger partial charge in [0, 0.05) is 62.3 Å². The van der Waals surface area contributed by atoms with Gasteiger partial charge in [-0.05, 0) is 113 Å². The Morgan fingerprint density at radius 2 is 1.63 bits per heavy atom. The molecule has 6 N–H and O–H groups in total. The van der Waals surface area contributed by atoms with Crippen molar-refractivity contribution in [3.8, 4) is 0 Å². The first-order valence-electron chi connectivity index (χ1n) is 24.0. The summed E-state index contributed by atoms with van der Waals surface area (Å²) in [6.45, 7) is 18.6. The maximum absolute atomic E-state index is 14.5. The molecule has 1 amide bonds. The number of aliphatic hydroxyl groups is 5. The second kappa shape index (κ2) is 23.8. The average molecular weight is 955 g/mol. The van der Waals surface area contributed by atoms with Crippen LogP contribution in [0.25, 0.3) is 0 Å². The van der Waals surface area contributed by atoms with Crippen LogP contribution in [0.1, 0.15) is 118 Å². The lowest BCUT2D eigenvalue weighted by molar-refractivity contribution is -0.384. The summed E-state index contributed by atoms with van der Waals surface area (Å²) in [5, 5.41) is 73.5. The van der Waals surface area contributed by atoms with Gasteiger partial charge >= 0.3 is 5.97 Å². The van der Waals surface area contributed by atoms with Crippen molar-refractivity contribution in [1.29, 1.82) is 0 Å². The molecule has 19 heteroatoms. The third kappa shape index (κ3) is 13.7. The van der Waals surface area contributed by atoms with Crippen LogP contribution >= 0.6 is 0 Å². The number of methoxy groups -OCH3 is 1. The molecule has 4 rings (SSSR count). The molecule has 0 unspecified atom stereocenters. The maximum atomic E-state index is 14.5. The predicted octanol–water partition coefficient (Wildman–Crippen LogP) is 3.39. The molecule has 1 aromatic rings. The third-order valence-electron chi connectivity index (χ3n) is 14.9. The molecule has 0 aromatic heterocycles. The summed E-state index contributed by atoms with van der Waals surface area (Å²) in [7, 11) is 5.18. The monoisotopic (exact) mass is 955 g/mol. The number of hydrogen-bond donors (Lipinski definition) is 6. The Hall–Kier alpha value is -2.92. The summed E-state index contributed by atoms with van der Waals surface area (Å²) in [4.78, 5) is 41.6. The van der Waals surface area contributed by atoms with Crippen molar-refractivity contribution in [2.24, 2.45) is 17.8 Å². The van der Waals surface area contributed by atoms with Crippen LogP contribution in [0, 0.1) is 27.9 Å². The minimum Gasteiger partial charge on any atom is -0.459 e. The number of benzene rings is 1. The lowest BCUT2D eigenvalue weighted by Crippen LogP contribution is -2.61. The van der Waals surface area contributed by atoms with Crippen molar-refractivity contribution in [1.82, 2.24) is 15.1 Å². The topological polar surface area (TPSA) is 252 Å². The highest BCUT2D eigenvalue weighted by molar-refractivity contribution is 5.94. The number of hydrogen-bond acceptors (Lipinski definition) is 17. The maximum Gasteiger partial charge on any atom is 0.311 e. The van der Waals surface area contributed by atoms with E-state index in [1.165, 1.54) is 38.3 Å². The van der Waals surface area contributed by atoms with Crippen molar-refractivity contribution >= 4 is 17.6 Å². The van der Waals surface area contributed by atoms with Crippen molar-refractivity contribution in [3.05, 3.63) is 39.9 Å². The molecular weight excluding hydrogens is 873 g/mol. The highest BCUT2D eigenvalue weighted by atomic mass is 16.7. The standard InChI is InChI=1S/C48H82N4O15/c1-14-32-24-46(8,58)42(67-45-38(53)35(23-27(3)63-45)50(11)22-16-21-49-43(56)33-17-19-34(20-18-33)52(60)61)28(4)39(66-37-25-47(9,62-13)41(55)31(7)64-37)29(5)44(57)65-36(15-2)48(10,59)40(54)30(6)51(12)26-32/h17-20,27-32,35-42,45,53-55,58-59H,14-16,21-26H2,1-13H3,(H,49,56)/t27-,28+,29-,30-,31+,32-,35+,36-,37+,38-,39+,40-,41+,42-,45+,46-,47-,48-/m1/s1. The molecule has 0 saturated carbocycles. The van der Waals surface area contributed by atoms with Gasteiger partial charge in [-0.15, -0.1) is 0 Å². The SMILES string of the molecule is CC[C@H]1CN(C)[C@H](C)[C@@H](O)[C@](C)(O)[C@@H](CC)OC(=O)[C@H](C)[C@@H](O[C@H]2C[C@@](C)(OC)[C@@H](O)[C@H](C)O2)[C@H](C)[C@@H](O[C@@H]2O[C@H](C)C[C@H](N(C)CCCNC(=O)c3ccc([N+](=O)[O-])cc3)[C@H]2O)[C@](C)(O)C1. The smallest absolute Gasteiger partial charge is 0.311 e. The van der Waals surface area contributed by atoms with Crippen LogP contribution in [0.5, 0.6) is 0 Å². The van der Waals surface area contributed by atoms with Gasteiger partial charge < -0.3 is 69.1 Å². The number of nitro benzene ring substituents is 1. The number of nitrogens with zero attached hydrogens (tertiary/aromatic N) is 3. The summed E-state index contributed by atoms with van der Waals surface area (Å²) in [5.74, 6) is -3.19. The Morgan fingerprint density at radius 1 is 0.985 bits per heavy atom. The first-order valence-corrected chi connectivity index (χ1v) is 24.0. The Kier molecular flexibility index (Phi) is 20.1. The molecule has 1 aromatic carbocycles. The van der Waals surface area contributed by atoms with Gasteiger partial charge in [0.05, 0.1) is 46.5 Å². The van der Waals surface area contributed by atoms with Gasteiger partial charge in [-0.2, -0.15) is 0 Å². The van der Waals surface area contributed by atoms with Crippen LogP contribution in [-0.4, -0.2) is 183 Å². The fourth-order valence-electron chi connectivity index (χ4n) is 10.3. The van der Waals surface area contributed by atoms with E-state index in [0.717, 1.165) is 0 Å². The van der Waals surface area contributed by atoms with Gasteiger partial charge in [0.1, 0.15) is 30.0 Å². The number of carbonyl (C=O) groups excluding carboxylic acids is 2. The quantitative estimate of drug-likeness (QED) is 0.0677. The zero-order chi connectivity index (χ0) is 50.3. The average Bonchev–Trinajstić information content (AvgIpc) is 3.28. The van der Waals surface area contributed by atoms with Crippen LogP contribution in [0.4, 0.5) is 5.69 Å². The molecule has 67 heavy (non-hydrogen) atoms. The second-order valence-electron chi connectivity index (χ2n) is 20.3. The van der Waals surface area contributed by atoms with E-state index < -0.39 is 113 Å². The lowest BCUT2D eigenvalue weighted by Gasteiger charge is -2.49. The number of aliphatic hydroxyl groups excluding tert-OH is 3. The number of likely N-dealkylation sites (N-methyl/N-ethyl adjacent to an activating group) is 2. The van der Waals surface area contributed by atoms with E-state index in [2.05, 4.69) is 5.32 Å². The first-order chi connectivity index (χ1) is 31.2. The van der Waals surface area contributed by atoms with Gasteiger partial charge in [-0.1, -0.05) is 27.2 Å². The molecule has 3 aliphatic rings. The zero-order valence-corrected chi connectivity index (χ0v) is 42.0. The number of non-ortho nitro benzene ring substituents is 1. The van der Waals surface area contributed by atoms with Crippen molar-refractivity contribution < 1.29 is 68.5 Å². The van der Waals surface area contributed by atoms with E-state index in [1.54, 1.807) is 48.5 Å².